The van der Waals surface area contributed by atoms with Crippen molar-refractivity contribution in [1.29, 1.82) is 0 Å². The summed E-state index contributed by atoms with van der Waals surface area (Å²) in [5, 5.41) is 8.96. The molecule has 2 fully saturated rings. The summed E-state index contributed by atoms with van der Waals surface area (Å²) in [5.41, 5.74) is 2.30. The van der Waals surface area contributed by atoms with Crippen molar-refractivity contribution in [1.82, 2.24) is 4.90 Å². The molecule has 3 rings (SSSR count). The Morgan fingerprint density at radius 3 is 2.60 bits per heavy atom. The fraction of sp³-hybridized carbons (Fsp3) is 0.500. The van der Waals surface area contributed by atoms with Crippen LogP contribution in [0.5, 0.6) is 0 Å². The van der Waals surface area contributed by atoms with E-state index in [4.69, 9.17) is 5.11 Å². The first-order valence-corrected chi connectivity index (χ1v) is 7.15. The average Bonchev–Trinajstić information content (AvgIpc) is 3.28. The molecule has 0 aliphatic heterocycles. The Labute approximate surface area is 118 Å². The number of rotatable bonds is 5. The number of hydrogen-bond donors (Lipinski definition) is 1. The third kappa shape index (κ3) is 2.69. The van der Waals surface area contributed by atoms with E-state index < -0.39 is 11.9 Å². The second-order valence-electron chi connectivity index (χ2n) is 5.97. The maximum absolute atomic E-state index is 12.5. The molecular weight excluding hydrogens is 254 g/mol. The number of carbonyl (C=O) groups is 2. The van der Waals surface area contributed by atoms with Gasteiger partial charge in [-0.05, 0) is 31.7 Å². The first kappa shape index (κ1) is 13.2. The average molecular weight is 273 g/mol. The van der Waals surface area contributed by atoms with Crippen LogP contribution >= 0.6 is 0 Å². The second kappa shape index (κ2) is 4.93. The van der Waals surface area contributed by atoms with Crippen molar-refractivity contribution >= 4 is 11.9 Å². The van der Waals surface area contributed by atoms with Crippen LogP contribution in [0.4, 0.5) is 0 Å². The zero-order valence-electron chi connectivity index (χ0n) is 11.6. The van der Waals surface area contributed by atoms with Crippen molar-refractivity contribution < 1.29 is 14.7 Å². The number of carboxylic acid groups (broad SMARTS) is 1. The maximum atomic E-state index is 12.5. The molecule has 2 aliphatic rings. The van der Waals surface area contributed by atoms with Crippen LogP contribution in [-0.2, 0) is 16.1 Å². The van der Waals surface area contributed by atoms with Gasteiger partial charge in [-0.15, -0.1) is 0 Å². The number of amides is 1. The van der Waals surface area contributed by atoms with Gasteiger partial charge in [0.25, 0.3) is 0 Å². The predicted octanol–water partition coefficient (Wildman–Crippen LogP) is 2.21. The van der Waals surface area contributed by atoms with Gasteiger partial charge >= 0.3 is 5.97 Å². The number of aryl methyl sites for hydroxylation is 1. The normalized spacial score (nSPS) is 24.2. The van der Waals surface area contributed by atoms with E-state index in [9.17, 15) is 9.59 Å². The lowest BCUT2D eigenvalue weighted by Crippen LogP contribution is -2.34. The first-order chi connectivity index (χ1) is 9.56. The smallest absolute Gasteiger partial charge is 0.307 e. The molecule has 0 saturated heterocycles. The Hall–Kier alpha value is -1.84. The van der Waals surface area contributed by atoms with Crippen LogP contribution in [0.15, 0.2) is 24.3 Å². The first-order valence-electron chi connectivity index (χ1n) is 7.15. The van der Waals surface area contributed by atoms with Crippen LogP contribution in [0.25, 0.3) is 0 Å². The van der Waals surface area contributed by atoms with Gasteiger partial charge in [0.1, 0.15) is 0 Å². The SMILES string of the molecule is Cc1cccc(CN(C(=O)[C@@H]2C[C@@H]2C(=O)O)C2CC2)c1. The standard InChI is InChI=1S/C16H19NO3/c1-10-3-2-4-11(7-10)9-17(12-5-6-12)15(18)13-8-14(13)16(19)20/h2-4,7,12-14H,5-6,8-9H2,1H3,(H,19,20)/t13-,14+/m1/s1. The number of aliphatic carboxylic acids is 1. The van der Waals surface area contributed by atoms with Crippen molar-refractivity contribution in [2.75, 3.05) is 0 Å². The van der Waals surface area contributed by atoms with Crippen LogP contribution in [0.2, 0.25) is 0 Å². The zero-order chi connectivity index (χ0) is 14.3. The van der Waals surface area contributed by atoms with E-state index >= 15 is 0 Å². The van der Waals surface area contributed by atoms with Gasteiger partial charge in [-0.25, -0.2) is 0 Å². The lowest BCUT2D eigenvalue weighted by Gasteiger charge is -2.23. The van der Waals surface area contributed by atoms with Gasteiger partial charge in [-0.2, -0.15) is 0 Å². The Balaban J connectivity index is 1.70. The molecule has 106 valence electrons. The summed E-state index contributed by atoms with van der Waals surface area (Å²) in [6.45, 7) is 2.64. The summed E-state index contributed by atoms with van der Waals surface area (Å²) < 4.78 is 0. The Kier molecular flexibility index (Phi) is 3.24. The molecule has 4 heteroatoms. The summed E-state index contributed by atoms with van der Waals surface area (Å²) in [7, 11) is 0. The molecule has 0 heterocycles. The molecule has 0 radical (unpaired) electrons. The van der Waals surface area contributed by atoms with E-state index in [0.717, 1.165) is 18.4 Å². The fourth-order valence-electron chi connectivity index (χ4n) is 2.73. The molecule has 2 saturated carbocycles. The Morgan fingerprint density at radius 1 is 1.30 bits per heavy atom. The predicted molar refractivity (Wildman–Crippen MR) is 74.0 cm³/mol. The zero-order valence-corrected chi connectivity index (χ0v) is 11.6. The van der Waals surface area contributed by atoms with Crippen molar-refractivity contribution in [2.24, 2.45) is 11.8 Å². The van der Waals surface area contributed by atoms with Gasteiger partial charge in [-0.1, -0.05) is 29.8 Å². The number of carbonyl (C=O) groups excluding carboxylic acids is 1. The van der Waals surface area contributed by atoms with Gasteiger partial charge in [0.15, 0.2) is 0 Å². The van der Waals surface area contributed by atoms with E-state index in [1.54, 1.807) is 0 Å². The minimum absolute atomic E-state index is 0.0291. The molecule has 0 unspecified atom stereocenters. The van der Waals surface area contributed by atoms with Crippen molar-refractivity contribution in [3.63, 3.8) is 0 Å². The maximum Gasteiger partial charge on any atom is 0.307 e. The van der Waals surface area contributed by atoms with Gasteiger partial charge in [0.2, 0.25) is 5.91 Å². The lowest BCUT2D eigenvalue weighted by atomic mass is 10.1. The Bertz CT molecular complexity index is 550. The highest BCUT2D eigenvalue weighted by Gasteiger charge is 2.51. The summed E-state index contributed by atoms with van der Waals surface area (Å²) in [5.74, 6) is -1.56. The topological polar surface area (TPSA) is 57.6 Å². The highest BCUT2D eigenvalue weighted by Crippen LogP contribution is 2.42. The molecule has 1 amide bonds. The van der Waals surface area contributed by atoms with Crippen LogP contribution in [0, 0.1) is 18.8 Å². The quantitative estimate of drug-likeness (QED) is 0.894. The molecule has 0 spiro atoms. The van der Waals surface area contributed by atoms with Gasteiger partial charge in [0, 0.05) is 12.6 Å². The van der Waals surface area contributed by atoms with Gasteiger partial charge in [0.05, 0.1) is 11.8 Å². The molecule has 2 atom stereocenters. The molecule has 4 nitrogen and oxygen atoms in total. The summed E-state index contributed by atoms with van der Waals surface area (Å²) >= 11 is 0. The Morgan fingerprint density at radius 2 is 2.05 bits per heavy atom. The minimum Gasteiger partial charge on any atom is -0.481 e. The highest BCUT2D eigenvalue weighted by atomic mass is 16.4. The molecule has 0 bridgehead atoms. The van der Waals surface area contributed by atoms with Gasteiger partial charge < -0.3 is 10.0 Å². The van der Waals surface area contributed by atoms with E-state index in [2.05, 4.69) is 6.07 Å². The number of carboxylic acids is 1. The van der Waals surface area contributed by atoms with Crippen LogP contribution < -0.4 is 0 Å². The molecule has 1 N–H and O–H groups in total. The van der Waals surface area contributed by atoms with E-state index in [-0.39, 0.29) is 11.8 Å². The largest absolute Gasteiger partial charge is 0.481 e. The lowest BCUT2D eigenvalue weighted by molar-refractivity contribution is -0.142. The van der Waals surface area contributed by atoms with E-state index in [0.29, 0.717) is 19.0 Å². The van der Waals surface area contributed by atoms with Crippen molar-refractivity contribution in [2.45, 2.75) is 38.8 Å². The molecule has 2 aliphatic carbocycles. The molecule has 1 aromatic carbocycles. The number of hydrogen-bond acceptors (Lipinski definition) is 2. The van der Waals surface area contributed by atoms with Crippen LogP contribution in [0.3, 0.4) is 0 Å². The highest BCUT2D eigenvalue weighted by molar-refractivity contribution is 5.89. The minimum atomic E-state index is -0.838. The fourth-order valence-corrected chi connectivity index (χ4v) is 2.73. The summed E-state index contributed by atoms with van der Waals surface area (Å²) in [6.07, 6.45) is 2.59. The van der Waals surface area contributed by atoms with Crippen molar-refractivity contribution in [3.8, 4) is 0 Å². The van der Waals surface area contributed by atoms with Crippen molar-refractivity contribution in [3.05, 3.63) is 35.4 Å². The monoisotopic (exact) mass is 273 g/mol. The summed E-state index contributed by atoms with van der Waals surface area (Å²) in [4.78, 5) is 25.3. The second-order valence-corrected chi connectivity index (χ2v) is 5.97. The van der Waals surface area contributed by atoms with E-state index in [1.807, 2.05) is 30.0 Å². The molecule has 20 heavy (non-hydrogen) atoms. The molecule has 1 aromatic rings. The van der Waals surface area contributed by atoms with Gasteiger partial charge in [-0.3, -0.25) is 9.59 Å². The molecule has 0 aromatic heterocycles. The molecular formula is C16H19NO3. The van der Waals surface area contributed by atoms with Crippen LogP contribution in [0.1, 0.15) is 30.4 Å². The summed E-state index contributed by atoms with van der Waals surface area (Å²) in [6, 6.07) is 8.46. The van der Waals surface area contributed by atoms with E-state index in [1.165, 1.54) is 5.56 Å². The third-order valence-electron chi connectivity index (χ3n) is 4.13. The number of benzene rings is 1. The van der Waals surface area contributed by atoms with Crippen LogP contribution in [-0.4, -0.2) is 27.9 Å². The third-order valence-corrected chi connectivity index (χ3v) is 4.13. The number of nitrogens with zero attached hydrogens (tertiary/aromatic N) is 1.